The molecule has 2 aromatic rings. The molecule has 0 fully saturated rings. The van der Waals surface area contributed by atoms with E-state index in [1.54, 1.807) is 24.3 Å². The molecule has 0 bridgehead atoms. The molecule has 0 atom stereocenters. The Kier molecular flexibility index (Phi) is 5.41. The second kappa shape index (κ2) is 7.75. The SMILES string of the molecule is COc1ccc(NC(=O)CCS(=O)(=O)c2ccc3c(c2)OCCO3)cc1N. The zero-order valence-electron chi connectivity index (χ0n) is 14.7. The largest absolute Gasteiger partial charge is 0.495 e. The van der Waals surface area contributed by atoms with E-state index in [2.05, 4.69) is 5.32 Å². The van der Waals surface area contributed by atoms with E-state index in [-0.39, 0.29) is 17.1 Å². The van der Waals surface area contributed by atoms with Gasteiger partial charge in [0.2, 0.25) is 5.91 Å². The number of nitrogens with two attached hydrogens (primary N) is 1. The summed E-state index contributed by atoms with van der Waals surface area (Å²) < 4.78 is 40.8. The normalized spacial score (nSPS) is 13.1. The Bertz CT molecular complexity index is 958. The van der Waals surface area contributed by atoms with E-state index in [1.165, 1.54) is 19.2 Å². The average Bonchev–Trinajstić information content (AvgIpc) is 2.66. The molecule has 9 heteroatoms. The van der Waals surface area contributed by atoms with Gasteiger partial charge in [-0.05, 0) is 30.3 Å². The third-order valence-corrected chi connectivity index (χ3v) is 5.70. The summed E-state index contributed by atoms with van der Waals surface area (Å²) in [5.74, 6) is 0.634. The number of carbonyl (C=O) groups excluding carboxylic acids is 1. The minimum atomic E-state index is -3.64. The minimum Gasteiger partial charge on any atom is -0.495 e. The second-order valence-electron chi connectivity index (χ2n) is 5.88. The van der Waals surface area contributed by atoms with Crippen molar-refractivity contribution in [2.24, 2.45) is 0 Å². The molecule has 27 heavy (non-hydrogen) atoms. The fraction of sp³-hybridized carbons (Fsp3) is 0.278. The molecule has 0 spiro atoms. The summed E-state index contributed by atoms with van der Waals surface area (Å²) in [4.78, 5) is 12.2. The zero-order chi connectivity index (χ0) is 19.4. The zero-order valence-corrected chi connectivity index (χ0v) is 15.5. The molecule has 0 unspecified atom stereocenters. The molecule has 1 amide bonds. The highest BCUT2D eigenvalue weighted by atomic mass is 32.2. The first-order chi connectivity index (χ1) is 12.9. The van der Waals surface area contributed by atoms with Crippen LogP contribution in [0.15, 0.2) is 41.3 Å². The molecule has 2 aromatic carbocycles. The van der Waals surface area contributed by atoms with Gasteiger partial charge in [0, 0.05) is 18.2 Å². The first-order valence-electron chi connectivity index (χ1n) is 8.25. The molecule has 0 radical (unpaired) electrons. The third-order valence-electron chi connectivity index (χ3n) is 3.98. The Hall–Kier alpha value is -2.94. The highest BCUT2D eigenvalue weighted by Gasteiger charge is 2.20. The Morgan fingerprint density at radius 1 is 1.15 bits per heavy atom. The number of benzene rings is 2. The first-order valence-corrected chi connectivity index (χ1v) is 9.90. The molecule has 8 nitrogen and oxygen atoms in total. The fourth-order valence-electron chi connectivity index (χ4n) is 2.60. The summed E-state index contributed by atoms with van der Waals surface area (Å²) in [6.07, 6.45) is -0.192. The van der Waals surface area contributed by atoms with Crippen LogP contribution in [0.5, 0.6) is 17.2 Å². The van der Waals surface area contributed by atoms with Crippen molar-refractivity contribution >= 4 is 27.1 Å². The smallest absolute Gasteiger partial charge is 0.225 e. The Morgan fingerprint density at radius 3 is 2.59 bits per heavy atom. The number of nitrogen functional groups attached to an aromatic ring is 1. The van der Waals surface area contributed by atoms with Crippen molar-refractivity contribution in [1.82, 2.24) is 0 Å². The topological polar surface area (TPSA) is 117 Å². The van der Waals surface area contributed by atoms with Crippen molar-refractivity contribution in [3.05, 3.63) is 36.4 Å². The van der Waals surface area contributed by atoms with Gasteiger partial charge in [-0.2, -0.15) is 0 Å². The number of anilines is 2. The lowest BCUT2D eigenvalue weighted by molar-refractivity contribution is -0.115. The van der Waals surface area contributed by atoms with E-state index >= 15 is 0 Å². The van der Waals surface area contributed by atoms with E-state index in [9.17, 15) is 13.2 Å². The lowest BCUT2D eigenvalue weighted by Crippen LogP contribution is -2.18. The predicted octanol–water partition coefficient (Wildman–Crippen LogP) is 1.85. The van der Waals surface area contributed by atoms with E-state index in [1.807, 2.05) is 0 Å². The summed E-state index contributed by atoms with van der Waals surface area (Å²) in [6, 6.07) is 9.23. The summed E-state index contributed by atoms with van der Waals surface area (Å²) in [5, 5.41) is 2.62. The Labute approximate surface area is 157 Å². The number of nitrogens with one attached hydrogen (secondary N) is 1. The standard InChI is InChI=1S/C18H20N2O6S/c1-24-15-4-2-12(10-14(15)19)20-18(21)6-9-27(22,23)13-3-5-16-17(11-13)26-8-7-25-16/h2-5,10-11H,6-9,19H2,1H3,(H,20,21). The lowest BCUT2D eigenvalue weighted by atomic mass is 10.2. The van der Waals surface area contributed by atoms with Gasteiger partial charge in [0.25, 0.3) is 0 Å². The van der Waals surface area contributed by atoms with Crippen molar-refractivity contribution in [3.8, 4) is 17.2 Å². The maximum atomic E-state index is 12.5. The monoisotopic (exact) mass is 392 g/mol. The molecule has 1 aliphatic heterocycles. The number of carbonyl (C=O) groups is 1. The van der Waals surface area contributed by atoms with Crippen LogP contribution in [0.3, 0.4) is 0 Å². The maximum absolute atomic E-state index is 12.5. The average molecular weight is 392 g/mol. The van der Waals surface area contributed by atoms with Gasteiger partial charge < -0.3 is 25.3 Å². The quantitative estimate of drug-likeness (QED) is 0.721. The fourth-order valence-corrected chi connectivity index (χ4v) is 3.85. The minimum absolute atomic E-state index is 0.0910. The highest BCUT2D eigenvalue weighted by molar-refractivity contribution is 7.91. The van der Waals surface area contributed by atoms with Crippen molar-refractivity contribution in [2.45, 2.75) is 11.3 Å². The van der Waals surface area contributed by atoms with Gasteiger partial charge in [0.05, 0.1) is 23.4 Å². The number of hydrogen-bond acceptors (Lipinski definition) is 7. The van der Waals surface area contributed by atoms with Crippen LogP contribution in [0.1, 0.15) is 6.42 Å². The molecule has 144 valence electrons. The molecule has 0 saturated carbocycles. The predicted molar refractivity (Wildman–Crippen MR) is 100 cm³/mol. The summed E-state index contributed by atoms with van der Waals surface area (Å²) >= 11 is 0. The third kappa shape index (κ3) is 4.43. The first kappa shape index (κ1) is 18.8. The van der Waals surface area contributed by atoms with Crippen molar-refractivity contribution < 1.29 is 27.4 Å². The van der Waals surface area contributed by atoms with Gasteiger partial charge in [-0.25, -0.2) is 8.42 Å². The number of rotatable bonds is 6. The van der Waals surface area contributed by atoms with Crippen molar-refractivity contribution in [2.75, 3.05) is 37.1 Å². The van der Waals surface area contributed by atoms with E-state index in [0.29, 0.717) is 41.8 Å². The van der Waals surface area contributed by atoms with Crippen LogP contribution >= 0.6 is 0 Å². The van der Waals surface area contributed by atoms with Crippen molar-refractivity contribution in [3.63, 3.8) is 0 Å². The number of hydrogen-bond donors (Lipinski definition) is 2. The van der Waals surface area contributed by atoms with Crippen LogP contribution in [0.2, 0.25) is 0 Å². The summed E-state index contributed by atoms with van der Waals surface area (Å²) in [6.45, 7) is 0.791. The number of amides is 1. The second-order valence-corrected chi connectivity index (χ2v) is 7.99. The Morgan fingerprint density at radius 2 is 1.89 bits per heavy atom. The van der Waals surface area contributed by atoms with Gasteiger partial charge in [-0.1, -0.05) is 0 Å². The number of sulfone groups is 1. The van der Waals surface area contributed by atoms with Crippen LogP contribution in [-0.2, 0) is 14.6 Å². The van der Waals surface area contributed by atoms with Crippen LogP contribution < -0.4 is 25.3 Å². The van der Waals surface area contributed by atoms with Gasteiger partial charge in [0.1, 0.15) is 19.0 Å². The van der Waals surface area contributed by atoms with Gasteiger partial charge in [-0.3, -0.25) is 4.79 Å². The van der Waals surface area contributed by atoms with Crippen LogP contribution in [0.4, 0.5) is 11.4 Å². The Balaban J connectivity index is 1.63. The molecule has 1 heterocycles. The van der Waals surface area contributed by atoms with Crippen LogP contribution in [0, 0.1) is 0 Å². The number of fused-ring (bicyclic) bond motifs is 1. The number of ether oxygens (including phenoxy) is 3. The summed E-state index contributed by atoms with van der Waals surface area (Å²) in [7, 11) is -2.15. The summed E-state index contributed by atoms with van der Waals surface area (Å²) in [5.41, 5.74) is 6.63. The molecular weight excluding hydrogens is 372 g/mol. The molecule has 0 aromatic heterocycles. The maximum Gasteiger partial charge on any atom is 0.225 e. The van der Waals surface area contributed by atoms with Crippen LogP contribution in [0.25, 0.3) is 0 Å². The van der Waals surface area contributed by atoms with E-state index in [0.717, 1.165) is 0 Å². The number of methoxy groups -OCH3 is 1. The van der Waals surface area contributed by atoms with Crippen LogP contribution in [-0.4, -0.2) is 40.4 Å². The van der Waals surface area contributed by atoms with Gasteiger partial charge in [0.15, 0.2) is 21.3 Å². The molecule has 1 aliphatic rings. The molecular formula is C18H20N2O6S. The lowest BCUT2D eigenvalue weighted by Gasteiger charge is -2.18. The molecule has 0 saturated heterocycles. The van der Waals surface area contributed by atoms with E-state index in [4.69, 9.17) is 19.9 Å². The van der Waals surface area contributed by atoms with Gasteiger partial charge in [-0.15, -0.1) is 0 Å². The van der Waals surface area contributed by atoms with Gasteiger partial charge >= 0.3 is 0 Å². The van der Waals surface area contributed by atoms with Crippen molar-refractivity contribution in [1.29, 1.82) is 0 Å². The molecule has 3 rings (SSSR count). The molecule has 0 aliphatic carbocycles. The molecule has 3 N–H and O–H groups in total. The highest BCUT2D eigenvalue weighted by Crippen LogP contribution is 2.32. The van der Waals surface area contributed by atoms with E-state index < -0.39 is 15.7 Å².